The van der Waals surface area contributed by atoms with Gasteiger partial charge in [0, 0.05) is 13.1 Å². The first-order valence-electron chi connectivity index (χ1n) is 10.8. The van der Waals surface area contributed by atoms with E-state index in [1.54, 1.807) is 35.2 Å². The molecule has 190 valence electrons. The Morgan fingerprint density at radius 2 is 1.92 bits per heavy atom. The molecule has 2 aromatic carbocycles. The fourth-order valence-corrected chi connectivity index (χ4v) is 5.32. The zero-order chi connectivity index (χ0) is 25.8. The molecule has 36 heavy (non-hydrogen) atoms. The van der Waals surface area contributed by atoms with Crippen molar-refractivity contribution in [2.24, 2.45) is 0 Å². The van der Waals surface area contributed by atoms with Gasteiger partial charge in [0.25, 0.3) is 11.1 Å². The number of rotatable bonds is 7. The predicted octanol–water partition coefficient (Wildman–Crippen LogP) is 5.24. The molecule has 3 amide bonds. The van der Waals surface area contributed by atoms with Crippen molar-refractivity contribution in [3.8, 4) is 11.5 Å². The molecule has 8 nitrogen and oxygen atoms in total. The molecule has 0 radical (unpaired) electrons. The van der Waals surface area contributed by atoms with Crippen molar-refractivity contribution >= 4 is 74.0 Å². The van der Waals surface area contributed by atoms with Crippen LogP contribution in [0.25, 0.3) is 6.08 Å². The van der Waals surface area contributed by atoms with Gasteiger partial charge in [-0.2, -0.15) is 0 Å². The van der Waals surface area contributed by atoms with Gasteiger partial charge in [0.15, 0.2) is 11.5 Å². The third-order valence-electron chi connectivity index (χ3n) is 5.45. The van der Waals surface area contributed by atoms with Crippen LogP contribution in [-0.2, 0) is 20.9 Å². The number of methoxy groups -OCH3 is 1. The molecule has 12 heteroatoms. The van der Waals surface area contributed by atoms with Crippen LogP contribution in [0.2, 0.25) is 10.0 Å². The number of nitrogens with zero attached hydrogens (tertiary/aromatic N) is 2. The zero-order valence-electron chi connectivity index (χ0n) is 19.1. The van der Waals surface area contributed by atoms with Crippen molar-refractivity contribution in [3.05, 3.63) is 60.9 Å². The molecule has 2 saturated heterocycles. The first-order chi connectivity index (χ1) is 17.3. The van der Waals surface area contributed by atoms with E-state index >= 15 is 0 Å². The molecule has 0 spiro atoms. The molecule has 2 aliphatic heterocycles. The molecule has 0 aromatic heterocycles. The Morgan fingerprint density at radius 3 is 2.61 bits per heavy atom. The summed E-state index contributed by atoms with van der Waals surface area (Å²) in [6, 6.07) is 8.67. The molecule has 2 aromatic rings. The van der Waals surface area contributed by atoms with E-state index in [9.17, 15) is 14.4 Å². The predicted molar refractivity (Wildman–Crippen MR) is 142 cm³/mol. The van der Waals surface area contributed by atoms with Crippen molar-refractivity contribution < 1.29 is 28.6 Å². The van der Waals surface area contributed by atoms with Crippen LogP contribution in [0.1, 0.15) is 11.1 Å². The number of hydrogen-bond acceptors (Lipinski definition) is 7. The number of carbonyl (C=O) groups is 3. The first-order valence-corrected chi connectivity index (χ1v) is 13.2. The Kier molecular flexibility index (Phi) is 8.84. The number of morpholine rings is 1. The minimum atomic E-state index is -0.512. The molecule has 0 saturated carbocycles. The Labute approximate surface area is 230 Å². The number of imide groups is 1. The molecule has 0 atom stereocenters. The van der Waals surface area contributed by atoms with Gasteiger partial charge in [-0.3, -0.25) is 19.3 Å². The van der Waals surface area contributed by atoms with Crippen LogP contribution in [0, 0.1) is 0 Å². The quantitative estimate of drug-likeness (QED) is 0.394. The lowest BCUT2D eigenvalue weighted by atomic mass is 10.1. The van der Waals surface area contributed by atoms with Crippen molar-refractivity contribution in [1.29, 1.82) is 0 Å². The highest BCUT2D eigenvalue weighted by atomic mass is 79.9. The number of halogens is 3. The lowest BCUT2D eigenvalue weighted by Crippen LogP contribution is -2.46. The van der Waals surface area contributed by atoms with Crippen molar-refractivity contribution in [1.82, 2.24) is 9.80 Å². The summed E-state index contributed by atoms with van der Waals surface area (Å²) < 4.78 is 17.3. The highest BCUT2D eigenvalue weighted by molar-refractivity contribution is 9.10. The fraction of sp³-hybridized carbons (Fsp3) is 0.292. The molecule has 0 aliphatic carbocycles. The molecule has 2 heterocycles. The summed E-state index contributed by atoms with van der Waals surface area (Å²) in [5, 5.41) is 0.401. The lowest BCUT2D eigenvalue weighted by molar-refractivity contribution is -0.139. The van der Waals surface area contributed by atoms with Crippen LogP contribution in [0.4, 0.5) is 4.79 Å². The van der Waals surface area contributed by atoms with Crippen LogP contribution in [0.5, 0.6) is 11.5 Å². The SMILES string of the molecule is COc1cc(/C=C2/SC(=O)N(CC(=O)N3CCOCC3)C2=O)cc(Br)c1OCc1ccc(Cl)c(Cl)c1. The van der Waals surface area contributed by atoms with Gasteiger partial charge in [0.1, 0.15) is 13.2 Å². The second-order valence-corrected chi connectivity index (χ2v) is 10.5. The van der Waals surface area contributed by atoms with E-state index in [4.69, 9.17) is 37.4 Å². The Balaban J connectivity index is 1.48. The average molecular weight is 616 g/mol. The summed E-state index contributed by atoms with van der Waals surface area (Å²) >= 11 is 16.3. The van der Waals surface area contributed by atoms with Gasteiger partial charge in [0.05, 0.1) is 39.7 Å². The zero-order valence-corrected chi connectivity index (χ0v) is 23.0. The normalized spacial score (nSPS) is 17.2. The maximum Gasteiger partial charge on any atom is 0.294 e. The standard InChI is InChI=1S/C24H21BrCl2N2O6S/c1-33-19-10-15(8-16(25)22(19)35-13-14-2-3-17(26)18(27)9-14)11-20-23(31)29(24(32)36-20)12-21(30)28-4-6-34-7-5-28/h2-3,8-11H,4-7,12-13H2,1H3/b20-11+. The number of ether oxygens (including phenoxy) is 3. The minimum absolute atomic E-state index is 0.216. The number of amides is 3. The van der Waals surface area contributed by atoms with Crippen LogP contribution >= 0.6 is 50.9 Å². The van der Waals surface area contributed by atoms with Gasteiger partial charge in [0.2, 0.25) is 5.91 Å². The van der Waals surface area contributed by atoms with Gasteiger partial charge in [-0.05, 0) is 69.2 Å². The van der Waals surface area contributed by atoms with Crippen LogP contribution in [0.15, 0.2) is 39.7 Å². The Morgan fingerprint density at radius 1 is 1.17 bits per heavy atom. The maximum atomic E-state index is 12.9. The second-order valence-electron chi connectivity index (χ2n) is 7.83. The van der Waals surface area contributed by atoms with Crippen molar-refractivity contribution in [2.45, 2.75) is 6.61 Å². The van der Waals surface area contributed by atoms with Crippen molar-refractivity contribution in [2.75, 3.05) is 40.0 Å². The lowest BCUT2D eigenvalue weighted by Gasteiger charge is -2.28. The van der Waals surface area contributed by atoms with Gasteiger partial charge in [-0.15, -0.1) is 0 Å². The van der Waals surface area contributed by atoms with E-state index in [1.165, 1.54) is 7.11 Å². The molecule has 0 bridgehead atoms. The van der Waals surface area contributed by atoms with Gasteiger partial charge >= 0.3 is 0 Å². The fourth-order valence-electron chi connectivity index (χ4n) is 3.58. The number of thioether (sulfide) groups is 1. The summed E-state index contributed by atoms with van der Waals surface area (Å²) in [6.45, 7) is 1.70. The smallest absolute Gasteiger partial charge is 0.294 e. The first kappa shape index (κ1) is 26.8. The summed E-state index contributed by atoms with van der Waals surface area (Å²) in [6.07, 6.45) is 1.58. The van der Waals surface area contributed by atoms with E-state index in [1.807, 2.05) is 6.07 Å². The Hall–Kier alpha value is -2.24. The third-order valence-corrected chi connectivity index (χ3v) is 7.68. The molecular formula is C24H21BrCl2N2O6S. The largest absolute Gasteiger partial charge is 0.493 e. The van der Waals surface area contributed by atoms with E-state index in [2.05, 4.69) is 15.9 Å². The van der Waals surface area contributed by atoms with Crippen molar-refractivity contribution in [3.63, 3.8) is 0 Å². The molecule has 0 unspecified atom stereocenters. The highest BCUT2D eigenvalue weighted by Gasteiger charge is 2.37. The summed E-state index contributed by atoms with van der Waals surface area (Å²) in [7, 11) is 1.50. The van der Waals surface area contributed by atoms with E-state index in [0.717, 1.165) is 22.2 Å². The van der Waals surface area contributed by atoms with Gasteiger partial charge < -0.3 is 19.1 Å². The number of benzene rings is 2. The monoisotopic (exact) mass is 614 g/mol. The molecule has 4 rings (SSSR count). The maximum absolute atomic E-state index is 12.9. The van der Waals surface area contributed by atoms with E-state index < -0.39 is 11.1 Å². The topological polar surface area (TPSA) is 85.4 Å². The van der Waals surface area contributed by atoms with E-state index in [0.29, 0.717) is 57.9 Å². The van der Waals surface area contributed by atoms with Gasteiger partial charge in [-0.25, -0.2) is 0 Å². The van der Waals surface area contributed by atoms with Crippen LogP contribution < -0.4 is 9.47 Å². The van der Waals surface area contributed by atoms with Gasteiger partial charge in [-0.1, -0.05) is 29.3 Å². The Bertz CT molecular complexity index is 1240. The second kappa shape index (κ2) is 11.9. The van der Waals surface area contributed by atoms with Crippen LogP contribution in [0.3, 0.4) is 0 Å². The van der Waals surface area contributed by atoms with E-state index in [-0.39, 0.29) is 24.0 Å². The molecule has 0 N–H and O–H groups in total. The summed E-state index contributed by atoms with van der Waals surface area (Å²) in [5.74, 6) is 0.0960. The minimum Gasteiger partial charge on any atom is -0.493 e. The third kappa shape index (κ3) is 6.18. The molecule has 2 aliphatic rings. The average Bonchev–Trinajstić information content (AvgIpc) is 3.12. The summed E-state index contributed by atoms with van der Waals surface area (Å²) in [4.78, 5) is 40.7. The molecule has 2 fully saturated rings. The molecular weight excluding hydrogens is 595 g/mol. The number of hydrogen-bond donors (Lipinski definition) is 0. The van der Waals surface area contributed by atoms with Crippen LogP contribution in [-0.4, -0.2) is 66.8 Å². The number of carbonyl (C=O) groups excluding carboxylic acids is 3. The summed E-state index contributed by atoms with van der Waals surface area (Å²) in [5.41, 5.74) is 1.44. The highest BCUT2D eigenvalue weighted by Crippen LogP contribution is 2.39.